The van der Waals surface area contributed by atoms with Gasteiger partial charge in [0, 0.05) is 30.9 Å². The number of nitrogens with zero attached hydrogens (tertiary/aromatic N) is 5. The van der Waals surface area contributed by atoms with E-state index in [1.807, 2.05) is 49.6 Å². The van der Waals surface area contributed by atoms with Crippen LogP contribution in [0.2, 0.25) is 0 Å². The van der Waals surface area contributed by atoms with E-state index in [-0.39, 0.29) is 0 Å². The van der Waals surface area contributed by atoms with Gasteiger partial charge < -0.3 is 9.30 Å². The van der Waals surface area contributed by atoms with Crippen LogP contribution in [0, 0.1) is 0 Å². The lowest BCUT2D eigenvalue weighted by Crippen LogP contribution is -2.20. The lowest BCUT2D eigenvalue weighted by molar-refractivity contribution is 0.307. The van der Waals surface area contributed by atoms with Gasteiger partial charge in [0.25, 0.3) is 0 Å². The summed E-state index contributed by atoms with van der Waals surface area (Å²) in [5.74, 6) is 2.65. The second-order valence-corrected chi connectivity index (χ2v) is 8.19. The van der Waals surface area contributed by atoms with Crippen molar-refractivity contribution in [3.63, 3.8) is 0 Å². The zero-order chi connectivity index (χ0) is 20.8. The topological polar surface area (TPSA) is 56.1 Å². The van der Waals surface area contributed by atoms with E-state index in [0.717, 1.165) is 34.5 Å². The van der Waals surface area contributed by atoms with Crippen molar-refractivity contribution in [3.05, 3.63) is 78.2 Å². The van der Waals surface area contributed by atoms with Crippen LogP contribution in [0.4, 0.5) is 0 Å². The van der Waals surface area contributed by atoms with Crippen molar-refractivity contribution < 1.29 is 4.74 Å². The SMILES string of the molecule is CN(Cc1cccc2cccnc12)Cc1nnc(SCCOc2ccccc2)n1C. The Balaban J connectivity index is 1.32. The monoisotopic (exact) mass is 419 g/mol. The van der Waals surface area contributed by atoms with Crippen LogP contribution in [0.25, 0.3) is 10.9 Å². The smallest absolute Gasteiger partial charge is 0.191 e. The molecule has 0 bridgehead atoms. The number of fused-ring (bicyclic) bond motifs is 1. The maximum absolute atomic E-state index is 5.75. The van der Waals surface area contributed by atoms with Crippen molar-refractivity contribution in [1.29, 1.82) is 0 Å². The number of para-hydroxylation sites is 2. The summed E-state index contributed by atoms with van der Waals surface area (Å²) in [5, 5.41) is 10.8. The molecule has 7 heteroatoms. The number of pyridine rings is 1. The minimum atomic E-state index is 0.630. The second kappa shape index (κ2) is 9.73. The first-order valence-electron chi connectivity index (χ1n) is 9.91. The van der Waals surface area contributed by atoms with Crippen molar-refractivity contribution in [1.82, 2.24) is 24.6 Å². The Labute approximate surface area is 180 Å². The molecule has 0 radical (unpaired) electrons. The highest BCUT2D eigenvalue weighted by Gasteiger charge is 2.13. The van der Waals surface area contributed by atoms with E-state index >= 15 is 0 Å². The minimum Gasteiger partial charge on any atom is -0.493 e. The summed E-state index contributed by atoms with van der Waals surface area (Å²) in [4.78, 5) is 6.79. The van der Waals surface area contributed by atoms with E-state index in [1.165, 1.54) is 10.9 Å². The standard InChI is InChI=1S/C23H25N5OS/c1-27(16-19-9-6-8-18-10-7-13-24-22(18)19)17-21-25-26-23(28(21)2)30-15-14-29-20-11-4-3-5-12-20/h3-13H,14-17H2,1-2H3. The van der Waals surface area contributed by atoms with Gasteiger partial charge in [-0.3, -0.25) is 9.88 Å². The molecule has 0 fully saturated rings. The van der Waals surface area contributed by atoms with Crippen LogP contribution in [-0.2, 0) is 20.1 Å². The summed E-state index contributed by atoms with van der Waals surface area (Å²) in [6.07, 6.45) is 1.85. The summed E-state index contributed by atoms with van der Waals surface area (Å²) in [6, 6.07) is 20.2. The van der Waals surface area contributed by atoms with Crippen molar-refractivity contribution in [2.75, 3.05) is 19.4 Å². The molecule has 0 N–H and O–H groups in total. The quantitative estimate of drug-likeness (QED) is 0.300. The molecule has 0 atom stereocenters. The summed E-state index contributed by atoms with van der Waals surface area (Å²) >= 11 is 1.66. The van der Waals surface area contributed by atoms with E-state index in [1.54, 1.807) is 11.8 Å². The number of thioether (sulfide) groups is 1. The first-order chi connectivity index (χ1) is 14.7. The zero-order valence-corrected chi connectivity index (χ0v) is 18.0. The van der Waals surface area contributed by atoms with Gasteiger partial charge in [0.1, 0.15) is 11.6 Å². The Bertz CT molecular complexity index is 1090. The fourth-order valence-electron chi connectivity index (χ4n) is 3.30. The lowest BCUT2D eigenvalue weighted by Gasteiger charge is -2.17. The number of benzene rings is 2. The third-order valence-corrected chi connectivity index (χ3v) is 5.80. The van der Waals surface area contributed by atoms with E-state index in [4.69, 9.17) is 4.74 Å². The molecule has 0 aliphatic heterocycles. The Morgan fingerprint density at radius 1 is 0.967 bits per heavy atom. The summed E-state index contributed by atoms with van der Waals surface area (Å²) < 4.78 is 7.81. The van der Waals surface area contributed by atoms with Gasteiger partial charge in [-0.2, -0.15) is 0 Å². The van der Waals surface area contributed by atoms with Crippen molar-refractivity contribution in [2.24, 2.45) is 7.05 Å². The van der Waals surface area contributed by atoms with Gasteiger partial charge in [-0.05, 0) is 30.8 Å². The molecule has 0 spiro atoms. The Morgan fingerprint density at radius 2 is 1.80 bits per heavy atom. The van der Waals surface area contributed by atoms with Crippen LogP contribution in [0.15, 0.2) is 72.0 Å². The highest BCUT2D eigenvalue weighted by atomic mass is 32.2. The summed E-state index contributed by atoms with van der Waals surface area (Å²) in [6.45, 7) is 2.15. The Hall–Kier alpha value is -2.90. The fraction of sp³-hybridized carbons (Fsp3) is 0.261. The number of rotatable bonds is 9. The molecule has 2 heterocycles. The molecule has 2 aromatic heterocycles. The largest absolute Gasteiger partial charge is 0.493 e. The van der Waals surface area contributed by atoms with Gasteiger partial charge in [-0.25, -0.2) is 0 Å². The molecule has 30 heavy (non-hydrogen) atoms. The van der Waals surface area contributed by atoms with Gasteiger partial charge in [-0.15, -0.1) is 10.2 Å². The minimum absolute atomic E-state index is 0.630. The number of aromatic nitrogens is 4. The average Bonchev–Trinajstić information content (AvgIpc) is 3.11. The molecule has 0 saturated heterocycles. The number of hydrogen-bond acceptors (Lipinski definition) is 6. The van der Waals surface area contributed by atoms with Gasteiger partial charge in [0.2, 0.25) is 0 Å². The normalized spacial score (nSPS) is 11.3. The maximum atomic E-state index is 5.75. The first kappa shape index (κ1) is 20.4. The van der Waals surface area contributed by atoms with Gasteiger partial charge in [0.15, 0.2) is 5.16 Å². The van der Waals surface area contributed by atoms with Gasteiger partial charge >= 0.3 is 0 Å². The first-order valence-corrected chi connectivity index (χ1v) is 10.9. The molecular weight excluding hydrogens is 394 g/mol. The zero-order valence-electron chi connectivity index (χ0n) is 17.2. The highest BCUT2D eigenvalue weighted by molar-refractivity contribution is 7.99. The summed E-state index contributed by atoms with van der Waals surface area (Å²) in [5.41, 5.74) is 2.27. The number of hydrogen-bond donors (Lipinski definition) is 0. The van der Waals surface area contributed by atoms with Crippen LogP contribution in [0.5, 0.6) is 5.75 Å². The number of ether oxygens (including phenoxy) is 1. The Kier molecular flexibility index (Phi) is 6.61. The van der Waals surface area contributed by atoms with Gasteiger partial charge in [0.05, 0.1) is 18.7 Å². The molecule has 0 unspecified atom stereocenters. The van der Waals surface area contributed by atoms with Crippen LogP contribution in [-0.4, -0.2) is 44.1 Å². The third-order valence-electron chi connectivity index (χ3n) is 4.82. The van der Waals surface area contributed by atoms with E-state index in [9.17, 15) is 0 Å². The van der Waals surface area contributed by atoms with E-state index < -0.39 is 0 Å². The molecule has 0 aliphatic rings. The van der Waals surface area contributed by atoms with Crippen LogP contribution >= 0.6 is 11.8 Å². The molecule has 4 rings (SSSR count). The van der Waals surface area contributed by atoms with Crippen molar-refractivity contribution >= 4 is 22.7 Å². The average molecular weight is 420 g/mol. The molecule has 2 aromatic carbocycles. The van der Waals surface area contributed by atoms with Crippen LogP contribution < -0.4 is 4.74 Å². The molecule has 0 aliphatic carbocycles. The molecule has 6 nitrogen and oxygen atoms in total. The lowest BCUT2D eigenvalue weighted by atomic mass is 10.1. The maximum Gasteiger partial charge on any atom is 0.191 e. The van der Waals surface area contributed by atoms with Crippen molar-refractivity contribution in [3.8, 4) is 5.75 Å². The Morgan fingerprint density at radius 3 is 2.67 bits per heavy atom. The molecule has 0 saturated carbocycles. The predicted octanol–water partition coefficient (Wildman–Crippen LogP) is 4.17. The molecular formula is C23H25N5OS. The summed E-state index contributed by atoms with van der Waals surface area (Å²) in [7, 11) is 4.11. The molecule has 4 aromatic rings. The van der Waals surface area contributed by atoms with Crippen molar-refractivity contribution in [2.45, 2.75) is 18.2 Å². The fourth-order valence-corrected chi connectivity index (χ4v) is 4.05. The highest BCUT2D eigenvalue weighted by Crippen LogP contribution is 2.20. The third kappa shape index (κ3) is 4.98. The predicted molar refractivity (Wildman–Crippen MR) is 121 cm³/mol. The van der Waals surface area contributed by atoms with E-state index in [2.05, 4.69) is 56.0 Å². The second-order valence-electron chi connectivity index (χ2n) is 7.13. The van der Waals surface area contributed by atoms with Gasteiger partial charge in [-0.1, -0.05) is 54.2 Å². The molecule has 154 valence electrons. The van der Waals surface area contributed by atoms with E-state index in [0.29, 0.717) is 13.2 Å². The van der Waals surface area contributed by atoms with Crippen LogP contribution in [0.1, 0.15) is 11.4 Å². The molecule has 0 amide bonds. The van der Waals surface area contributed by atoms with Crippen LogP contribution in [0.3, 0.4) is 0 Å².